The molecule has 0 bridgehead atoms. The van der Waals surface area contributed by atoms with Gasteiger partial charge in [-0.15, -0.1) is 0 Å². The number of halogens is 1. The summed E-state index contributed by atoms with van der Waals surface area (Å²) in [5.74, 6) is -0.494. The normalized spacial score (nSPS) is 10.3. The molecule has 0 aliphatic carbocycles. The first-order chi connectivity index (χ1) is 12.3. The van der Waals surface area contributed by atoms with E-state index < -0.39 is 11.8 Å². The van der Waals surface area contributed by atoms with Gasteiger partial charge in [0.15, 0.2) is 6.61 Å². The minimum atomic E-state index is -0.504. The first-order valence-electron chi connectivity index (χ1n) is 8.28. The first kappa shape index (κ1) is 21.7. The van der Waals surface area contributed by atoms with Crippen LogP contribution in [0.15, 0.2) is 24.3 Å². The van der Waals surface area contributed by atoms with E-state index >= 15 is 0 Å². The van der Waals surface area contributed by atoms with E-state index in [1.165, 1.54) is 0 Å². The van der Waals surface area contributed by atoms with Crippen LogP contribution in [0, 0.1) is 0 Å². The van der Waals surface area contributed by atoms with Gasteiger partial charge < -0.3 is 9.64 Å². The highest BCUT2D eigenvalue weighted by Gasteiger charge is 2.15. The monoisotopic (exact) mass is 384 g/mol. The van der Waals surface area contributed by atoms with Crippen LogP contribution in [-0.2, 0) is 14.4 Å². The molecule has 9 heteroatoms. The van der Waals surface area contributed by atoms with Gasteiger partial charge in [0.25, 0.3) is 11.8 Å². The Labute approximate surface area is 158 Å². The summed E-state index contributed by atoms with van der Waals surface area (Å²) in [6, 6.07) is 6.56. The molecule has 0 aliphatic heterocycles. The van der Waals surface area contributed by atoms with Crippen LogP contribution in [-0.4, -0.2) is 67.4 Å². The molecule has 0 fully saturated rings. The Bertz CT molecular complexity index is 605. The maximum atomic E-state index is 12.0. The molecule has 0 aliphatic rings. The lowest BCUT2D eigenvalue weighted by Gasteiger charge is -2.22. The molecule has 8 nitrogen and oxygen atoms in total. The third-order valence-corrected chi connectivity index (χ3v) is 3.71. The van der Waals surface area contributed by atoms with Gasteiger partial charge in [-0.25, -0.2) is 0 Å². The second-order valence-corrected chi connectivity index (χ2v) is 6.01. The van der Waals surface area contributed by atoms with E-state index in [1.54, 1.807) is 41.1 Å². The summed E-state index contributed by atoms with van der Waals surface area (Å²) in [5.41, 5.74) is 4.54. The van der Waals surface area contributed by atoms with Crippen LogP contribution in [0.1, 0.15) is 13.8 Å². The molecule has 0 heterocycles. The Morgan fingerprint density at radius 1 is 1.00 bits per heavy atom. The summed E-state index contributed by atoms with van der Waals surface area (Å²) < 4.78 is 5.26. The van der Waals surface area contributed by atoms with Crippen LogP contribution in [0.2, 0.25) is 5.02 Å². The molecular weight excluding hydrogens is 360 g/mol. The van der Waals surface area contributed by atoms with Gasteiger partial charge in [-0.3, -0.25) is 30.1 Å². The quantitative estimate of drug-likeness (QED) is 0.610. The molecule has 3 amide bonds. The van der Waals surface area contributed by atoms with Crippen molar-refractivity contribution in [3.8, 4) is 5.75 Å². The number of hydrazine groups is 1. The van der Waals surface area contributed by atoms with Crippen molar-refractivity contribution >= 4 is 29.3 Å². The molecule has 1 aromatic carbocycles. The number of rotatable bonds is 9. The third-order valence-electron chi connectivity index (χ3n) is 3.46. The van der Waals surface area contributed by atoms with E-state index in [2.05, 4.69) is 10.9 Å². The van der Waals surface area contributed by atoms with Crippen molar-refractivity contribution in [3.63, 3.8) is 0 Å². The average molecular weight is 385 g/mol. The van der Waals surface area contributed by atoms with Crippen molar-refractivity contribution in [1.82, 2.24) is 20.7 Å². The number of hydrogen-bond donors (Lipinski definition) is 2. The zero-order chi connectivity index (χ0) is 19.5. The standard InChI is InChI=1S/C17H25ClN4O4/c1-4-22(5-2)17(25)11-21(3)10-15(23)19-20-16(24)12-26-14-8-6-13(18)7-9-14/h6-9H,4-5,10-12H2,1-3H3,(H,19,23)(H,20,24). The van der Waals surface area contributed by atoms with Gasteiger partial charge in [-0.05, 0) is 45.2 Å². The predicted octanol–water partition coefficient (Wildman–Crippen LogP) is 0.666. The molecule has 0 atom stereocenters. The molecular formula is C17H25ClN4O4. The summed E-state index contributed by atoms with van der Waals surface area (Å²) in [6.45, 7) is 4.90. The fourth-order valence-corrected chi connectivity index (χ4v) is 2.23. The zero-order valence-electron chi connectivity index (χ0n) is 15.3. The van der Waals surface area contributed by atoms with Gasteiger partial charge in [0.05, 0.1) is 13.1 Å². The van der Waals surface area contributed by atoms with Crippen LogP contribution in [0.4, 0.5) is 0 Å². The fraction of sp³-hybridized carbons (Fsp3) is 0.471. The lowest BCUT2D eigenvalue weighted by atomic mass is 10.3. The second kappa shape index (κ2) is 11.3. The Morgan fingerprint density at radius 3 is 2.15 bits per heavy atom. The van der Waals surface area contributed by atoms with Gasteiger partial charge in [-0.1, -0.05) is 11.6 Å². The van der Waals surface area contributed by atoms with E-state index in [-0.39, 0.29) is 25.6 Å². The molecule has 0 radical (unpaired) electrons. The fourth-order valence-electron chi connectivity index (χ4n) is 2.10. The highest BCUT2D eigenvalue weighted by molar-refractivity contribution is 6.30. The number of amides is 3. The lowest BCUT2D eigenvalue weighted by molar-refractivity contribution is -0.133. The van der Waals surface area contributed by atoms with E-state index in [1.807, 2.05) is 13.8 Å². The van der Waals surface area contributed by atoms with Crippen molar-refractivity contribution in [2.24, 2.45) is 0 Å². The number of hydrogen-bond acceptors (Lipinski definition) is 5. The van der Waals surface area contributed by atoms with E-state index in [9.17, 15) is 14.4 Å². The molecule has 0 saturated carbocycles. The molecule has 26 heavy (non-hydrogen) atoms. The number of carbonyl (C=O) groups is 3. The van der Waals surface area contributed by atoms with Gasteiger partial charge >= 0.3 is 0 Å². The van der Waals surface area contributed by atoms with Crippen molar-refractivity contribution in [2.75, 3.05) is 39.8 Å². The molecule has 0 spiro atoms. The van der Waals surface area contributed by atoms with Crippen molar-refractivity contribution < 1.29 is 19.1 Å². The highest BCUT2D eigenvalue weighted by atomic mass is 35.5. The number of benzene rings is 1. The topological polar surface area (TPSA) is 91.0 Å². The second-order valence-electron chi connectivity index (χ2n) is 5.58. The Kier molecular flexibility index (Phi) is 9.46. The Balaban J connectivity index is 2.26. The van der Waals surface area contributed by atoms with Gasteiger partial charge in [0.1, 0.15) is 5.75 Å². The Morgan fingerprint density at radius 2 is 1.58 bits per heavy atom. The number of likely N-dealkylation sites (N-methyl/N-ethyl adjacent to an activating group) is 2. The summed E-state index contributed by atoms with van der Waals surface area (Å²) in [5, 5.41) is 0.567. The first-order valence-corrected chi connectivity index (χ1v) is 8.65. The molecule has 144 valence electrons. The summed E-state index contributed by atoms with van der Waals surface area (Å²) in [4.78, 5) is 38.7. The molecule has 1 aromatic rings. The molecule has 0 saturated heterocycles. The summed E-state index contributed by atoms with van der Waals surface area (Å²) in [7, 11) is 1.66. The molecule has 2 N–H and O–H groups in total. The van der Waals surface area contributed by atoms with Gasteiger partial charge in [-0.2, -0.15) is 0 Å². The van der Waals surface area contributed by atoms with Crippen molar-refractivity contribution in [2.45, 2.75) is 13.8 Å². The van der Waals surface area contributed by atoms with Crippen molar-refractivity contribution in [3.05, 3.63) is 29.3 Å². The zero-order valence-corrected chi connectivity index (χ0v) is 16.0. The number of carbonyl (C=O) groups excluding carboxylic acids is 3. The van der Waals surface area contributed by atoms with Crippen LogP contribution >= 0.6 is 11.6 Å². The number of ether oxygens (including phenoxy) is 1. The molecule has 1 rings (SSSR count). The minimum Gasteiger partial charge on any atom is -0.484 e. The van der Waals surface area contributed by atoms with Crippen LogP contribution in [0.3, 0.4) is 0 Å². The number of nitrogens with zero attached hydrogens (tertiary/aromatic N) is 2. The predicted molar refractivity (Wildman–Crippen MR) is 98.7 cm³/mol. The molecule has 0 aromatic heterocycles. The molecule has 0 unspecified atom stereocenters. The lowest BCUT2D eigenvalue weighted by Crippen LogP contribution is -2.48. The highest BCUT2D eigenvalue weighted by Crippen LogP contribution is 2.15. The van der Waals surface area contributed by atoms with Crippen molar-refractivity contribution in [1.29, 1.82) is 0 Å². The van der Waals surface area contributed by atoms with Crippen LogP contribution < -0.4 is 15.6 Å². The maximum Gasteiger partial charge on any atom is 0.276 e. The summed E-state index contributed by atoms with van der Waals surface area (Å²) in [6.07, 6.45) is 0. The summed E-state index contributed by atoms with van der Waals surface area (Å²) >= 11 is 5.76. The SMILES string of the molecule is CCN(CC)C(=O)CN(C)CC(=O)NNC(=O)COc1ccc(Cl)cc1. The van der Waals surface area contributed by atoms with Gasteiger partial charge in [0.2, 0.25) is 5.91 Å². The third kappa shape index (κ3) is 8.17. The van der Waals surface area contributed by atoms with Crippen LogP contribution in [0.5, 0.6) is 5.75 Å². The van der Waals surface area contributed by atoms with Crippen LogP contribution in [0.25, 0.3) is 0 Å². The maximum absolute atomic E-state index is 12.0. The van der Waals surface area contributed by atoms with Gasteiger partial charge in [0, 0.05) is 18.1 Å². The van der Waals surface area contributed by atoms with E-state index in [4.69, 9.17) is 16.3 Å². The minimum absolute atomic E-state index is 0.0225. The number of nitrogens with one attached hydrogen (secondary N) is 2. The largest absolute Gasteiger partial charge is 0.484 e. The smallest absolute Gasteiger partial charge is 0.276 e. The van der Waals surface area contributed by atoms with E-state index in [0.717, 1.165) is 0 Å². The Hall–Kier alpha value is -2.32. The van der Waals surface area contributed by atoms with E-state index in [0.29, 0.717) is 23.9 Å². The average Bonchev–Trinajstić information content (AvgIpc) is 2.60.